The Morgan fingerprint density at radius 2 is 2.29 bits per heavy atom. The van der Waals surface area contributed by atoms with Gasteiger partial charge in [0.05, 0.1) is 19.0 Å². The van der Waals surface area contributed by atoms with Crippen molar-refractivity contribution < 1.29 is 4.74 Å². The van der Waals surface area contributed by atoms with Crippen molar-refractivity contribution in [1.29, 1.82) is 0 Å². The predicted octanol–water partition coefficient (Wildman–Crippen LogP) is 2.20. The maximum Gasteiger partial charge on any atom is 0.157 e. The van der Waals surface area contributed by atoms with Gasteiger partial charge in [0, 0.05) is 12.6 Å². The number of hydrogen-bond donors (Lipinski definition) is 1. The molecule has 0 unspecified atom stereocenters. The first-order valence-corrected chi connectivity index (χ1v) is 6.77. The van der Waals surface area contributed by atoms with Gasteiger partial charge in [-0.3, -0.25) is 4.68 Å². The van der Waals surface area contributed by atoms with E-state index in [1.54, 1.807) is 6.20 Å². The fourth-order valence-electron chi connectivity index (χ4n) is 1.78. The summed E-state index contributed by atoms with van der Waals surface area (Å²) in [7, 11) is 0. The number of ether oxygens (including phenoxy) is 1. The van der Waals surface area contributed by atoms with Crippen LogP contribution in [0.1, 0.15) is 39.0 Å². The normalized spacial score (nSPS) is 15.1. The minimum atomic E-state index is 0.804. The molecule has 0 bridgehead atoms. The van der Waals surface area contributed by atoms with E-state index in [1.807, 2.05) is 10.9 Å². The molecule has 96 valence electrons. The number of rotatable bonds is 9. The summed E-state index contributed by atoms with van der Waals surface area (Å²) >= 11 is 0. The van der Waals surface area contributed by atoms with Gasteiger partial charge in [-0.1, -0.05) is 0 Å². The highest BCUT2D eigenvalue weighted by Crippen LogP contribution is 2.18. The molecule has 1 aliphatic rings. The zero-order valence-electron chi connectivity index (χ0n) is 10.7. The first-order chi connectivity index (χ1) is 8.38. The van der Waals surface area contributed by atoms with Crippen LogP contribution in [0.2, 0.25) is 0 Å². The van der Waals surface area contributed by atoms with Crippen molar-refractivity contribution in [1.82, 2.24) is 15.1 Å². The van der Waals surface area contributed by atoms with Crippen molar-refractivity contribution in [3.8, 4) is 5.75 Å². The molecule has 0 spiro atoms. The number of nitrogens with zero attached hydrogens (tertiary/aromatic N) is 2. The van der Waals surface area contributed by atoms with Crippen LogP contribution >= 0.6 is 0 Å². The van der Waals surface area contributed by atoms with Crippen molar-refractivity contribution in [3.63, 3.8) is 0 Å². The summed E-state index contributed by atoms with van der Waals surface area (Å²) in [5.41, 5.74) is 0. The van der Waals surface area contributed by atoms with E-state index in [9.17, 15) is 0 Å². The van der Waals surface area contributed by atoms with Gasteiger partial charge in [0.15, 0.2) is 5.75 Å². The first kappa shape index (κ1) is 12.4. The Hall–Kier alpha value is -1.03. The smallest absolute Gasteiger partial charge is 0.157 e. The second-order valence-corrected chi connectivity index (χ2v) is 4.67. The predicted molar refractivity (Wildman–Crippen MR) is 68.3 cm³/mol. The van der Waals surface area contributed by atoms with Crippen LogP contribution in [0.25, 0.3) is 0 Å². The molecule has 1 saturated carbocycles. The Bertz CT molecular complexity index is 320. The van der Waals surface area contributed by atoms with Crippen LogP contribution in [0.5, 0.6) is 5.75 Å². The standard InChI is InChI=1S/C13H23N3O/c1-2-16-11-13(10-15-16)17-9-5-3-4-8-14-12-6-7-12/h10-12,14H,2-9H2,1H3. The zero-order valence-corrected chi connectivity index (χ0v) is 10.7. The third-order valence-electron chi connectivity index (χ3n) is 3.03. The molecule has 0 amide bonds. The second-order valence-electron chi connectivity index (χ2n) is 4.67. The number of nitrogens with one attached hydrogen (secondary N) is 1. The summed E-state index contributed by atoms with van der Waals surface area (Å²) in [6.45, 7) is 4.94. The van der Waals surface area contributed by atoms with E-state index >= 15 is 0 Å². The SMILES string of the molecule is CCn1cc(OCCCCCNC2CC2)cn1. The zero-order chi connectivity index (χ0) is 11.9. The van der Waals surface area contributed by atoms with E-state index in [-0.39, 0.29) is 0 Å². The van der Waals surface area contributed by atoms with Crippen molar-refractivity contribution >= 4 is 0 Å². The van der Waals surface area contributed by atoms with Gasteiger partial charge in [0.2, 0.25) is 0 Å². The average molecular weight is 237 g/mol. The molecule has 0 saturated heterocycles. The minimum absolute atomic E-state index is 0.804. The Labute approximate surface area is 103 Å². The molecule has 1 aromatic rings. The second kappa shape index (κ2) is 6.64. The molecule has 0 radical (unpaired) electrons. The number of unbranched alkanes of at least 4 members (excludes halogenated alkanes) is 2. The Kier molecular flexibility index (Phi) is 4.86. The van der Waals surface area contributed by atoms with Crippen molar-refractivity contribution in [2.75, 3.05) is 13.2 Å². The highest BCUT2D eigenvalue weighted by molar-refractivity contribution is 5.11. The maximum absolute atomic E-state index is 5.62. The topological polar surface area (TPSA) is 39.1 Å². The van der Waals surface area contributed by atoms with Crippen molar-refractivity contribution in [2.45, 2.75) is 51.6 Å². The van der Waals surface area contributed by atoms with Crippen LogP contribution in [-0.4, -0.2) is 29.0 Å². The van der Waals surface area contributed by atoms with Crippen LogP contribution in [-0.2, 0) is 6.54 Å². The number of hydrogen-bond acceptors (Lipinski definition) is 3. The molecule has 1 heterocycles. The summed E-state index contributed by atoms with van der Waals surface area (Å²) in [5, 5.41) is 7.69. The molecule has 1 N–H and O–H groups in total. The summed E-state index contributed by atoms with van der Waals surface area (Å²) in [6.07, 6.45) is 10.1. The molecular formula is C13H23N3O. The molecule has 17 heavy (non-hydrogen) atoms. The lowest BCUT2D eigenvalue weighted by Crippen LogP contribution is -2.17. The molecular weight excluding hydrogens is 214 g/mol. The molecule has 0 aromatic carbocycles. The number of aromatic nitrogens is 2. The van der Waals surface area contributed by atoms with Crippen LogP contribution in [0, 0.1) is 0 Å². The van der Waals surface area contributed by atoms with Crippen LogP contribution in [0.3, 0.4) is 0 Å². The molecule has 1 fully saturated rings. The molecule has 0 aliphatic heterocycles. The van der Waals surface area contributed by atoms with Gasteiger partial charge in [-0.15, -0.1) is 0 Å². The largest absolute Gasteiger partial charge is 0.490 e. The number of aryl methyl sites for hydroxylation is 1. The summed E-state index contributed by atoms with van der Waals surface area (Å²) < 4.78 is 7.51. The quantitative estimate of drug-likeness (QED) is 0.669. The Balaban J connectivity index is 1.44. The summed E-state index contributed by atoms with van der Waals surface area (Å²) in [6, 6.07) is 0.839. The third-order valence-corrected chi connectivity index (χ3v) is 3.03. The van der Waals surface area contributed by atoms with Gasteiger partial charge < -0.3 is 10.1 Å². The van der Waals surface area contributed by atoms with Crippen LogP contribution in [0.4, 0.5) is 0 Å². The van der Waals surface area contributed by atoms with Crippen molar-refractivity contribution in [2.24, 2.45) is 0 Å². The molecule has 1 aromatic heterocycles. The molecule has 4 nitrogen and oxygen atoms in total. The highest BCUT2D eigenvalue weighted by Gasteiger charge is 2.19. The fourth-order valence-corrected chi connectivity index (χ4v) is 1.78. The van der Waals surface area contributed by atoms with Gasteiger partial charge in [-0.25, -0.2) is 0 Å². The summed E-state index contributed by atoms with van der Waals surface area (Å²) in [5.74, 6) is 0.892. The van der Waals surface area contributed by atoms with E-state index < -0.39 is 0 Å². The van der Waals surface area contributed by atoms with E-state index in [0.717, 1.165) is 31.4 Å². The van der Waals surface area contributed by atoms with E-state index in [1.165, 1.54) is 32.2 Å². The van der Waals surface area contributed by atoms with Gasteiger partial charge in [0.1, 0.15) is 0 Å². The lowest BCUT2D eigenvalue weighted by Gasteiger charge is -2.04. The lowest BCUT2D eigenvalue weighted by molar-refractivity contribution is 0.304. The van der Waals surface area contributed by atoms with Crippen molar-refractivity contribution in [3.05, 3.63) is 12.4 Å². The molecule has 1 aliphatic carbocycles. The van der Waals surface area contributed by atoms with Crippen LogP contribution < -0.4 is 10.1 Å². The maximum atomic E-state index is 5.62. The molecule has 4 heteroatoms. The van der Waals surface area contributed by atoms with Gasteiger partial charge in [0.25, 0.3) is 0 Å². The van der Waals surface area contributed by atoms with Gasteiger partial charge >= 0.3 is 0 Å². The van der Waals surface area contributed by atoms with Gasteiger partial charge in [-0.2, -0.15) is 5.10 Å². The monoisotopic (exact) mass is 237 g/mol. The molecule has 2 rings (SSSR count). The van der Waals surface area contributed by atoms with E-state index in [0.29, 0.717) is 0 Å². The van der Waals surface area contributed by atoms with Crippen LogP contribution in [0.15, 0.2) is 12.4 Å². The lowest BCUT2D eigenvalue weighted by atomic mass is 10.2. The minimum Gasteiger partial charge on any atom is -0.490 e. The van der Waals surface area contributed by atoms with E-state index in [4.69, 9.17) is 4.74 Å². The summed E-state index contributed by atoms with van der Waals surface area (Å²) in [4.78, 5) is 0. The van der Waals surface area contributed by atoms with E-state index in [2.05, 4.69) is 17.3 Å². The first-order valence-electron chi connectivity index (χ1n) is 6.77. The van der Waals surface area contributed by atoms with Gasteiger partial charge in [-0.05, 0) is 45.6 Å². The third kappa shape index (κ3) is 4.77. The Morgan fingerprint density at radius 3 is 3.00 bits per heavy atom. The highest BCUT2D eigenvalue weighted by atomic mass is 16.5. The Morgan fingerprint density at radius 1 is 1.41 bits per heavy atom. The average Bonchev–Trinajstić information content (AvgIpc) is 3.05. The molecule has 0 atom stereocenters. The fraction of sp³-hybridized carbons (Fsp3) is 0.769.